The molecule has 0 aliphatic rings. The van der Waals surface area contributed by atoms with Crippen molar-refractivity contribution in [3.05, 3.63) is 54.1 Å². The Balaban J connectivity index is 2.01. The minimum atomic E-state index is -4.03. The highest BCUT2D eigenvalue weighted by molar-refractivity contribution is 7.92. The van der Waals surface area contributed by atoms with E-state index in [0.29, 0.717) is 12.3 Å². The summed E-state index contributed by atoms with van der Waals surface area (Å²) in [6, 6.07) is 10.9. The maximum atomic E-state index is 12.7. The molecule has 172 valence electrons. The first-order valence-corrected chi connectivity index (χ1v) is 11.1. The van der Waals surface area contributed by atoms with E-state index < -0.39 is 34.5 Å². The molecule has 2 rings (SSSR count). The fraction of sp³-hybridized carbons (Fsp3) is 0.286. The number of benzene rings is 2. The van der Waals surface area contributed by atoms with Crippen LogP contribution in [0, 0.1) is 5.92 Å². The molecule has 0 bridgehead atoms. The van der Waals surface area contributed by atoms with Gasteiger partial charge in [0.2, 0.25) is 0 Å². The molecule has 0 fully saturated rings. The number of urea groups is 1. The van der Waals surface area contributed by atoms with Crippen LogP contribution >= 0.6 is 0 Å². The van der Waals surface area contributed by atoms with Gasteiger partial charge in [-0.15, -0.1) is 0 Å². The van der Waals surface area contributed by atoms with Gasteiger partial charge >= 0.3 is 12.0 Å². The predicted molar refractivity (Wildman–Crippen MR) is 117 cm³/mol. The highest BCUT2D eigenvalue weighted by Gasteiger charge is 2.19. The van der Waals surface area contributed by atoms with E-state index in [2.05, 4.69) is 10.0 Å². The van der Waals surface area contributed by atoms with Gasteiger partial charge in [-0.2, -0.15) is 0 Å². The van der Waals surface area contributed by atoms with E-state index >= 15 is 0 Å². The fourth-order valence-electron chi connectivity index (χ4n) is 2.44. The lowest BCUT2D eigenvalue weighted by molar-refractivity contribution is -0.123. The topological polar surface area (TPSA) is 140 Å². The Labute approximate surface area is 186 Å². The molecule has 0 aromatic heterocycles. The SMILES string of the molecule is COc1ccccc1NS(=O)(=O)c1cccc(C(=O)OCC(=O)NC(=O)NCC(C)C)c1. The summed E-state index contributed by atoms with van der Waals surface area (Å²) < 4.78 is 37.8. The lowest BCUT2D eigenvalue weighted by Gasteiger charge is -2.12. The monoisotopic (exact) mass is 463 g/mol. The molecule has 0 unspecified atom stereocenters. The van der Waals surface area contributed by atoms with Crippen LogP contribution in [0.5, 0.6) is 5.75 Å². The van der Waals surface area contributed by atoms with Gasteiger partial charge in [-0.1, -0.05) is 32.0 Å². The molecule has 2 aromatic carbocycles. The molecule has 3 N–H and O–H groups in total. The van der Waals surface area contributed by atoms with Gasteiger partial charge in [0.15, 0.2) is 6.61 Å². The minimum absolute atomic E-state index is 0.0787. The number of esters is 1. The molecule has 0 radical (unpaired) electrons. The first-order chi connectivity index (χ1) is 15.1. The fourth-order valence-corrected chi connectivity index (χ4v) is 3.56. The zero-order chi connectivity index (χ0) is 23.7. The largest absolute Gasteiger partial charge is 0.495 e. The quantitative estimate of drug-likeness (QED) is 0.484. The molecule has 0 spiro atoms. The molecule has 10 nitrogen and oxygen atoms in total. The Morgan fingerprint density at radius 3 is 2.44 bits per heavy atom. The molecule has 0 saturated carbocycles. The van der Waals surface area contributed by atoms with Gasteiger partial charge in [-0.05, 0) is 36.2 Å². The highest BCUT2D eigenvalue weighted by atomic mass is 32.2. The molecule has 0 heterocycles. The third-order valence-corrected chi connectivity index (χ3v) is 5.35. The van der Waals surface area contributed by atoms with E-state index in [9.17, 15) is 22.8 Å². The second-order valence-corrected chi connectivity index (χ2v) is 8.74. The van der Waals surface area contributed by atoms with Crippen LogP contribution in [0.15, 0.2) is 53.4 Å². The lowest BCUT2D eigenvalue weighted by atomic mass is 10.2. The number of anilines is 1. The number of hydrogen-bond acceptors (Lipinski definition) is 7. The van der Waals surface area contributed by atoms with Crippen LogP contribution in [-0.2, 0) is 19.6 Å². The minimum Gasteiger partial charge on any atom is -0.495 e. The molecule has 11 heteroatoms. The zero-order valence-electron chi connectivity index (χ0n) is 17.9. The van der Waals surface area contributed by atoms with Crippen LogP contribution in [0.4, 0.5) is 10.5 Å². The van der Waals surface area contributed by atoms with E-state index in [1.807, 2.05) is 19.2 Å². The van der Waals surface area contributed by atoms with Gasteiger partial charge < -0.3 is 14.8 Å². The van der Waals surface area contributed by atoms with Crippen LogP contribution < -0.4 is 20.1 Å². The molecule has 0 aliphatic carbocycles. The summed E-state index contributed by atoms with van der Waals surface area (Å²) in [6.07, 6.45) is 0. The van der Waals surface area contributed by atoms with E-state index in [4.69, 9.17) is 9.47 Å². The number of imide groups is 1. The highest BCUT2D eigenvalue weighted by Crippen LogP contribution is 2.26. The first kappa shape index (κ1) is 24.7. The summed E-state index contributed by atoms with van der Waals surface area (Å²) in [5, 5.41) is 4.52. The Kier molecular flexibility index (Phi) is 8.59. The third kappa shape index (κ3) is 7.27. The molecule has 0 aliphatic heterocycles. The van der Waals surface area contributed by atoms with E-state index in [1.165, 1.54) is 31.4 Å². The number of para-hydroxylation sites is 2. The summed E-state index contributed by atoms with van der Waals surface area (Å²) in [4.78, 5) is 35.4. The second-order valence-electron chi connectivity index (χ2n) is 7.06. The van der Waals surface area contributed by atoms with Crippen LogP contribution in [0.25, 0.3) is 0 Å². The normalized spacial score (nSPS) is 10.9. The Morgan fingerprint density at radius 2 is 1.75 bits per heavy atom. The van der Waals surface area contributed by atoms with Crippen molar-refractivity contribution < 1.29 is 32.3 Å². The van der Waals surface area contributed by atoms with Crippen molar-refractivity contribution in [2.45, 2.75) is 18.7 Å². The summed E-state index contributed by atoms with van der Waals surface area (Å²) in [6.45, 7) is 3.46. The summed E-state index contributed by atoms with van der Waals surface area (Å²) in [5.41, 5.74) is 0.153. The summed E-state index contributed by atoms with van der Waals surface area (Å²) in [5.74, 6) is -1.21. The molecule has 32 heavy (non-hydrogen) atoms. The molecule has 3 amide bonds. The van der Waals surface area contributed by atoms with Crippen LogP contribution in [-0.4, -0.2) is 46.6 Å². The standard InChI is InChI=1S/C21H25N3O7S/c1-14(2)12-22-21(27)23-19(25)13-31-20(26)15-7-6-8-16(11-15)32(28,29)24-17-9-4-5-10-18(17)30-3/h4-11,14,24H,12-13H2,1-3H3,(H2,22,23,25,27). The van der Waals surface area contributed by atoms with Crippen molar-refractivity contribution in [1.82, 2.24) is 10.6 Å². The van der Waals surface area contributed by atoms with Crippen molar-refractivity contribution in [3.63, 3.8) is 0 Å². The van der Waals surface area contributed by atoms with E-state index in [-0.39, 0.29) is 22.1 Å². The smallest absolute Gasteiger partial charge is 0.338 e. The number of methoxy groups -OCH3 is 1. The zero-order valence-corrected chi connectivity index (χ0v) is 18.7. The molecule has 0 atom stereocenters. The first-order valence-electron chi connectivity index (χ1n) is 9.63. The van der Waals surface area contributed by atoms with Gasteiger partial charge in [-0.3, -0.25) is 14.8 Å². The lowest BCUT2D eigenvalue weighted by Crippen LogP contribution is -2.42. The summed E-state index contributed by atoms with van der Waals surface area (Å²) in [7, 11) is -2.62. The average Bonchev–Trinajstić information content (AvgIpc) is 2.76. The van der Waals surface area contributed by atoms with Crippen molar-refractivity contribution >= 4 is 33.6 Å². The van der Waals surface area contributed by atoms with Crippen molar-refractivity contribution in [3.8, 4) is 5.75 Å². The van der Waals surface area contributed by atoms with E-state index in [0.717, 1.165) is 6.07 Å². The molecular formula is C21H25N3O7S. The van der Waals surface area contributed by atoms with Crippen molar-refractivity contribution in [2.75, 3.05) is 25.0 Å². The number of rotatable bonds is 9. The van der Waals surface area contributed by atoms with Gasteiger partial charge in [0.25, 0.3) is 15.9 Å². The Bertz CT molecular complexity index is 1080. The number of nitrogens with one attached hydrogen (secondary N) is 3. The van der Waals surface area contributed by atoms with Crippen molar-refractivity contribution in [2.24, 2.45) is 5.92 Å². The summed E-state index contributed by atoms with van der Waals surface area (Å²) >= 11 is 0. The molecule has 0 saturated heterocycles. The number of ether oxygens (including phenoxy) is 2. The maximum Gasteiger partial charge on any atom is 0.338 e. The maximum absolute atomic E-state index is 12.7. The Hall–Kier alpha value is -3.60. The number of carbonyl (C=O) groups excluding carboxylic acids is 3. The van der Waals surface area contributed by atoms with Crippen LogP contribution in [0.2, 0.25) is 0 Å². The van der Waals surface area contributed by atoms with Gasteiger partial charge in [-0.25, -0.2) is 18.0 Å². The second kappa shape index (κ2) is 11.1. The van der Waals surface area contributed by atoms with Crippen LogP contribution in [0.3, 0.4) is 0 Å². The number of amides is 3. The number of sulfonamides is 1. The van der Waals surface area contributed by atoms with Gasteiger partial charge in [0, 0.05) is 6.54 Å². The third-order valence-electron chi connectivity index (χ3n) is 3.99. The van der Waals surface area contributed by atoms with Crippen molar-refractivity contribution in [1.29, 1.82) is 0 Å². The number of hydrogen-bond donors (Lipinski definition) is 3. The molecular weight excluding hydrogens is 438 g/mol. The predicted octanol–water partition coefficient (Wildman–Crippen LogP) is 2.13. The Morgan fingerprint density at radius 1 is 1.03 bits per heavy atom. The number of carbonyl (C=O) groups is 3. The van der Waals surface area contributed by atoms with Gasteiger partial charge in [0.05, 0.1) is 23.3 Å². The van der Waals surface area contributed by atoms with Gasteiger partial charge in [0.1, 0.15) is 5.75 Å². The van der Waals surface area contributed by atoms with Crippen LogP contribution in [0.1, 0.15) is 24.2 Å². The molecule has 2 aromatic rings. The van der Waals surface area contributed by atoms with E-state index in [1.54, 1.807) is 18.2 Å². The average molecular weight is 464 g/mol.